The molecule has 2 heterocycles. The number of aromatic nitrogens is 2. The second-order valence-corrected chi connectivity index (χ2v) is 6.67. The molecule has 2 atom stereocenters. The summed E-state index contributed by atoms with van der Waals surface area (Å²) in [5, 5.41) is 5.07. The van der Waals surface area contributed by atoms with Gasteiger partial charge in [0.25, 0.3) is 0 Å². The first-order valence-electron chi connectivity index (χ1n) is 7.15. The number of rotatable bonds is 5. The van der Waals surface area contributed by atoms with Crippen molar-refractivity contribution < 1.29 is 0 Å². The third-order valence-corrected chi connectivity index (χ3v) is 5.38. The molecule has 3 N–H and O–H groups in total. The molecule has 0 fully saturated rings. The Morgan fingerprint density at radius 2 is 2.33 bits per heavy atom. The van der Waals surface area contributed by atoms with E-state index in [4.69, 9.17) is 17.4 Å². The molecular formula is C15H19ClN4S. The molecular weight excluding hydrogens is 304 g/mol. The fourth-order valence-corrected chi connectivity index (χ4v) is 4.47. The van der Waals surface area contributed by atoms with Crippen molar-refractivity contribution in [2.45, 2.75) is 36.7 Å². The van der Waals surface area contributed by atoms with E-state index in [1.54, 1.807) is 6.20 Å². The Morgan fingerprint density at radius 3 is 3.10 bits per heavy atom. The Morgan fingerprint density at radius 1 is 1.52 bits per heavy atom. The minimum absolute atomic E-state index is 0.0253. The second kappa shape index (κ2) is 6.40. The van der Waals surface area contributed by atoms with E-state index >= 15 is 0 Å². The zero-order valence-corrected chi connectivity index (χ0v) is 13.5. The number of nitrogens with one attached hydrogen (secondary N) is 1. The van der Waals surface area contributed by atoms with E-state index in [9.17, 15) is 0 Å². The van der Waals surface area contributed by atoms with E-state index in [-0.39, 0.29) is 6.04 Å². The van der Waals surface area contributed by atoms with Crippen LogP contribution in [0.25, 0.3) is 0 Å². The molecule has 2 unspecified atom stereocenters. The molecule has 0 aliphatic carbocycles. The van der Waals surface area contributed by atoms with Crippen LogP contribution in [0.1, 0.15) is 36.6 Å². The molecule has 1 aromatic heterocycles. The summed E-state index contributed by atoms with van der Waals surface area (Å²) in [7, 11) is 0. The smallest absolute Gasteiger partial charge is 0.0834 e. The molecule has 3 rings (SSSR count). The normalized spacial score (nSPS) is 18.7. The topological polar surface area (TPSA) is 55.9 Å². The molecule has 0 saturated heterocycles. The molecule has 1 aromatic carbocycles. The molecule has 4 nitrogen and oxygen atoms in total. The number of benzene rings is 1. The largest absolute Gasteiger partial charge is 0.271 e. The quantitative estimate of drug-likeness (QED) is 0.655. The monoisotopic (exact) mass is 322 g/mol. The van der Waals surface area contributed by atoms with Gasteiger partial charge < -0.3 is 0 Å². The van der Waals surface area contributed by atoms with Gasteiger partial charge in [-0.3, -0.25) is 16.0 Å². The predicted molar refractivity (Wildman–Crippen MR) is 87.5 cm³/mol. The average molecular weight is 323 g/mol. The zero-order valence-electron chi connectivity index (χ0n) is 11.9. The molecule has 0 radical (unpaired) electrons. The number of halogens is 1. The van der Waals surface area contributed by atoms with Crippen molar-refractivity contribution in [2.24, 2.45) is 5.84 Å². The van der Waals surface area contributed by atoms with Gasteiger partial charge in [-0.15, -0.1) is 11.8 Å². The summed E-state index contributed by atoms with van der Waals surface area (Å²) in [5.74, 6) is 7.18. The van der Waals surface area contributed by atoms with Crippen LogP contribution in [0.15, 0.2) is 35.4 Å². The van der Waals surface area contributed by atoms with Crippen LogP contribution in [0, 0.1) is 0 Å². The third-order valence-electron chi connectivity index (χ3n) is 3.88. The van der Waals surface area contributed by atoms with Crippen LogP contribution in [0.4, 0.5) is 0 Å². The van der Waals surface area contributed by atoms with E-state index < -0.39 is 0 Å². The highest BCUT2D eigenvalue weighted by Gasteiger charge is 2.33. The van der Waals surface area contributed by atoms with Crippen molar-refractivity contribution in [3.05, 3.63) is 46.7 Å². The lowest BCUT2D eigenvalue weighted by atomic mass is 9.91. The van der Waals surface area contributed by atoms with Crippen LogP contribution in [0.5, 0.6) is 0 Å². The van der Waals surface area contributed by atoms with Gasteiger partial charge in [0, 0.05) is 23.1 Å². The van der Waals surface area contributed by atoms with Crippen LogP contribution in [-0.4, -0.2) is 15.5 Å². The molecule has 0 bridgehead atoms. The average Bonchev–Trinajstić information content (AvgIpc) is 3.07. The second-order valence-electron chi connectivity index (χ2n) is 5.20. The number of nitrogens with zero attached hydrogens (tertiary/aromatic N) is 2. The number of aryl methyl sites for hydroxylation is 1. The summed E-state index contributed by atoms with van der Waals surface area (Å²) in [6, 6.07) is 8.48. The minimum Gasteiger partial charge on any atom is -0.271 e. The first kappa shape index (κ1) is 14.9. The van der Waals surface area contributed by atoms with Gasteiger partial charge in [-0.25, -0.2) is 0 Å². The SMILES string of the molecule is CCCn1ncc(Cl)c1C(NN)C1CSc2ccccc21. The van der Waals surface area contributed by atoms with Crippen LogP contribution >= 0.6 is 23.4 Å². The summed E-state index contributed by atoms with van der Waals surface area (Å²) in [5.41, 5.74) is 5.30. The molecule has 6 heteroatoms. The zero-order chi connectivity index (χ0) is 14.8. The van der Waals surface area contributed by atoms with Crippen molar-refractivity contribution in [1.29, 1.82) is 0 Å². The lowest BCUT2D eigenvalue weighted by Gasteiger charge is -2.24. The van der Waals surface area contributed by atoms with E-state index in [2.05, 4.69) is 41.7 Å². The lowest BCUT2D eigenvalue weighted by molar-refractivity contribution is 0.436. The maximum Gasteiger partial charge on any atom is 0.0834 e. The summed E-state index contributed by atoms with van der Waals surface area (Å²) in [6.45, 7) is 2.98. The van der Waals surface area contributed by atoms with Crippen LogP contribution in [-0.2, 0) is 6.54 Å². The third kappa shape index (κ3) is 2.71. The van der Waals surface area contributed by atoms with Gasteiger partial charge in [0.2, 0.25) is 0 Å². The molecule has 1 aliphatic rings. The molecule has 0 saturated carbocycles. The Kier molecular flexibility index (Phi) is 4.54. The summed E-state index contributed by atoms with van der Waals surface area (Å²) in [6.07, 6.45) is 2.73. The maximum atomic E-state index is 6.37. The van der Waals surface area contributed by atoms with Gasteiger partial charge in [0.1, 0.15) is 0 Å². The highest BCUT2D eigenvalue weighted by atomic mass is 35.5. The van der Waals surface area contributed by atoms with Gasteiger partial charge in [-0.2, -0.15) is 5.10 Å². The highest BCUT2D eigenvalue weighted by molar-refractivity contribution is 7.99. The number of hydrogen-bond acceptors (Lipinski definition) is 4. The molecule has 0 amide bonds. The standard InChI is InChI=1S/C15H19ClN4S/c1-2-7-20-15(12(16)8-18-20)14(19-17)11-9-21-13-6-4-3-5-10(11)13/h3-6,8,11,14,19H,2,7,9,17H2,1H3. The molecule has 112 valence electrons. The van der Waals surface area contributed by atoms with E-state index in [1.165, 1.54) is 10.5 Å². The summed E-state index contributed by atoms with van der Waals surface area (Å²) >= 11 is 8.25. The highest BCUT2D eigenvalue weighted by Crippen LogP contribution is 2.46. The van der Waals surface area contributed by atoms with Crippen molar-refractivity contribution >= 4 is 23.4 Å². The number of thioether (sulfide) groups is 1. The van der Waals surface area contributed by atoms with Crippen LogP contribution in [0.2, 0.25) is 5.02 Å². The minimum atomic E-state index is -0.0253. The van der Waals surface area contributed by atoms with E-state index in [1.807, 2.05) is 16.4 Å². The first-order valence-corrected chi connectivity index (χ1v) is 8.51. The van der Waals surface area contributed by atoms with E-state index in [0.717, 1.165) is 24.4 Å². The summed E-state index contributed by atoms with van der Waals surface area (Å²) < 4.78 is 1.97. The number of hydrazine groups is 1. The van der Waals surface area contributed by atoms with E-state index in [0.29, 0.717) is 10.9 Å². The Bertz CT molecular complexity index is 628. The number of fused-ring (bicyclic) bond motifs is 1. The number of nitrogens with two attached hydrogens (primary N) is 1. The first-order chi connectivity index (χ1) is 10.3. The Labute approximate surface area is 134 Å². The fraction of sp³-hybridized carbons (Fsp3) is 0.400. The lowest BCUT2D eigenvalue weighted by Crippen LogP contribution is -2.34. The Balaban J connectivity index is 1.99. The summed E-state index contributed by atoms with van der Waals surface area (Å²) in [4.78, 5) is 1.33. The van der Waals surface area contributed by atoms with Crippen molar-refractivity contribution in [3.63, 3.8) is 0 Å². The van der Waals surface area contributed by atoms with Gasteiger partial charge >= 0.3 is 0 Å². The molecule has 1 aliphatic heterocycles. The predicted octanol–water partition coefficient (Wildman–Crippen LogP) is 3.34. The van der Waals surface area contributed by atoms with Crippen molar-refractivity contribution in [3.8, 4) is 0 Å². The Hall–Kier alpha value is -1.01. The molecule has 21 heavy (non-hydrogen) atoms. The molecule has 0 spiro atoms. The van der Waals surface area contributed by atoms with Crippen LogP contribution in [0.3, 0.4) is 0 Å². The van der Waals surface area contributed by atoms with Gasteiger partial charge in [0.15, 0.2) is 0 Å². The fourth-order valence-electron chi connectivity index (χ4n) is 2.92. The molecule has 2 aromatic rings. The number of hydrogen-bond donors (Lipinski definition) is 2. The van der Waals surface area contributed by atoms with Crippen LogP contribution < -0.4 is 11.3 Å². The van der Waals surface area contributed by atoms with Gasteiger partial charge in [-0.05, 0) is 18.1 Å². The van der Waals surface area contributed by atoms with Gasteiger partial charge in [-0.1, -0.05) is 36.7 Å². The van der Waals surface area contributed by atoms with Gasteiger partial charge in [0.05, 0.1) is 23.0 Å². The maximum absolute atomic E-state index is 6.37. The van der Waals surface area contributed by atoms with Crippen molar-refractivity contribution in [1.82, 2.24) is 15.2 Å². The van der Waals surface area contributed by atoms with Crippen molar-refractivity contribution in [2.75, 3.05) is 5.75 Å².